The Balaban J connectivity index is 2.58. The van der Waals surface area contributed by atoms with E-state index in [2.05, 4.69) is 10.6 Å². The SMILES string of the molecule is CCC(CCO)CNC(=O)Nc1cn(C)c(=O)cc1C. The van der Waals surface area contributed by atoms with Gasteiger partial charge in [-0.2, -0.15) is 0 Å². The molecule has 1 aromatic heterocycles. The van der Waals surface area contributed by atoms with Crippen LogP contribution in [0.5, 0.6) is 0 Å². The number of hydrogen-bond donors (Lipinski definition) is 3. The van der Waals surface area contributed by atoms with Gasteiger partial charge < -0.3 is 20.3 Å². The average Bonchev–Trinajstić information content (AvgIpc) is 2.40. The van der Waals surface area contributed by atoms with E-state index < -0.39 is 0 Å². The number of hydrogen-bond acceptors (Lipinski definition) is 3. The highest BCUT2D eigenvalue weighted by molar-refractivity contribution is 5.89. The second kappa shape index (κ2) is 7.69. The predicted molar refractivity (Wildman–Crippen MR) is 78.9 cm³/mol. The van der Waals surface area contributed by atoms with Crippen LogP contribution in [-0.2, 0) is 7.05 Å². The zero-order valence-electron chi connectivity index (χ0n) is 12.3. The van der Waals surface area contributed by atoms with Gasteiger partial charge in [0.15, 0.2) is 0 Å². The molecule has 1 rings (SSSR count). The molecule has 1 unspecified atom stereocenters. The molecule has 0 aliphatic rings. The molecule has 0 aliphatic carbocycles. The molecule has 1 atom stereocenters. The molecule has 0 aromatic carbocycles. The first kappa shape index (κ1) is 16.2. The zero-order chi connectivity index (χ0) is 15.1. The molecule has 0 radical (unpaired) electrons. The maximum absolute atomic E-state index is 11.8. The number of aryl methyl sites for hydroxylation is 2. The van der Waals surface area contributed by atoms with Crippen LogP contribution in [0.3, 0.4) is 0 Å². The van der Waals surface area contributed by atoms with Crippen LogP contribution in [0.1, 0.15) is 25.3 Å². The number of pyridine rings is 1. The van der Waals surface area contributed by atoms with Crippen LogP contribution >= 0.6 is 0 Å². The molecule has 112 valence electrons. The summed E-state index contributed by atoms with van der Waals surface area (Å²) in [7, 11) is 1.64. The number of carbonyl (C=O) groups excluding carboxylic acids is 1. The van der Waals surface area contributed by atoms with Gasteiger partial charge in [0.05, 0.1) is 5.69 Å². The van der Waals surface area contributed by atoms with Crippen molar-refractivity contribution in [3.05, 3.63) is 28.2 Å². The van der Waals surface area contributed by atoms with E-state index in [-0.39, 0.29) is 24.1 Å². The van der Waals surface area contributed by atoms with Gasteiger partial charge >= 0.3 is 6.03 Å². The Morgan fingerprint density at radius 3 is 2.80 bits per heavy atom. The number of urea groups is 1. The Morgan fingerprint density at radius 2 is 2.20 bits per heavy atom. The minimum Gasteiger partial charge on any atom is -0.396 e. The van der Waals surface area contributed by atoms with E-state index in [1.807, 2.05) is 6.92 Å². The molecule has 1 aromatic rings. The van der Waals surface area contributed by atoms with Gasteiger partial charge in [-0.3, -0.25) is 4.79 Å². The molecule has 6 heteroatoms. The Bertz CT molecular complexity index is 511. The van der Waals surface area contributed by atoms with E-state index >= 15 is 0 Å². The number of aliphatic hydroxyl groups excluding tert-OH is 1. The molecule has 0 fully saturated rings. The predicted octanol–water partition coefficient (Wildman–Crippen LogP) is 1.22. The van der Waals surface area contributed by atoms with Crippen molar-refractivity contribution in [2.24, 2.45) is 13.0 Å². The van der Waals surface area contributed by atoms with Crippen molar-refractivity contribution in [3.8, 4) is 0 Å². The lowest BCUT2D eigenvalue weighted by Gasteiger charge is -2.15. The van der Waals surface area contributed by atoms with Gasteiger partial charge in [0.1, 0.15) is 0 Å². The van der Waals surface area contributed by atoms with Crippen molar-refractivity contribution in [2.45, 2.75) is 26.7 Å². The molecule has 2 amide bonds. The van der Waals surface area contributed by atoms with Crippen molar-refractivity contribution < 1.29 is 9.90 Å². The molecule has 3 N–H and O–H groups in total. The van der Waals surface area contributed by atoms with Crippen LogP contribution in [0.2, 0.25) is 0 Å². The summed E-state index contributed by atoms with van der Waals surface area (Å²) in [6.45, 7) is 4.45. The molecule has 20 heavy (non-hydrogen) atoms. The maximum atomic E-state index is 11.8. The van der Waals surface area contributed by atoms with Crippen molar-refractivity contribution in [3.63, 3.8) is 0 Å². The fraction of sp³-hybridized carbons (Fsp3) is 0.571. The van der Waals surface area contributed by atoms with Crippen molar-refractivity contribution in [1.82, 2.24) is 9.88 Å². The minimum atomic E-state index is -0.303. The summed E-state index contributed by atoms with van der Waals surface area (Å²) in [5.41, 5.74) is 1.23. The van der Waals surface area contributed by atoms with E-state index in [1.165, 1.54) is 10.6 Å². The van der Waals surface area contributed by atoms with Gasteiger partial charge in [-0.15, -0.1) is 0 Å². The van der Waals surface area contributed by atoms with Crippen LogP contribution in [-0.4, -0.2) is 28.9 Å². The van der Waals surface area contributed by atoms with Gasteiger partial charge in [0, 0.05) is 32.5 Å². The summed E-state index contributed by atoms with van der Waals surface area (Å²) in [5.74, 6) is 0.270. The fourth-order valence-corrected chi connectivity index (χ4v) is 1.89. The van der Waals surface area contributed by atoms with E-state index in [9.17, 15) is 9.59 Å². The molecule has 6 nitrogen and oxygen atoms in total. The third kappa shape index (κ3) is 4.70. The van der Waals surface area contributed by atoms with Crippen molar-refractivity contribution >= 4 is 11.7 Å². The lowest BCUT2D eigenvalue weighted by molar-refractivity contribution is 0.238. The van der Waals surface area contributed by atoms with Crippen LogP contribution in [0.15, 0.2) is 17.1 Å². The summed E-state index contributed by atoms with van der Waals surface area (Å²) in [6.07, 6.45) is 3.18. The first-order valence-electron chi connectivity index (χ1n) is 6.80. The Labute approximate surface area is 118 Å². The summed E-state index contributed by atoms with van der Waals surface area (Å²) < 4.78 is 1.42. The first-order chi connectivity index (χ1) is 9.47. The molecule has 0 aliphatic heterocycles. The minimum absolute atomic E-state index is 0.109. The Morgan fingerprint density at radius 1 is 1.50 bits per heavy atom. The topological polar surface area (TPSA) is 83.4 Å². The van der Waals surface area contributed by atoms with Crippen LogP contribution in [0, 0.1) is 12.8 Å². The van der Waals surface area contributed by atoms with Gasteiger partial charge in [-0.05, 0) is 24.8 Å². The summed E-state index contributed by atoms with van der Waals surface area (Å²) in [6, 6.07) is 1.18. The highest BCUT2D eigenvalue weighted by Crippen LogP contribution is 2.11. The molecule has 0 saturated carbocycles. The monoisotopic (exact) mass is 281 g/mol. The number of rotatable bonds is 6. The van der Waals surface area contributed by atoms with Crippen LogP contribution in [0.25, 0.3) is 0 Å². The second-order valence-electron chi connectivity index (χ2n) is 4.94. The number of nitrogens with one attached hydrogen (secondary N) is 2. The van der Waals surface area contributed by atoms with Crippen molar-refractivity contribution in [1.29, 1.82) is 0 Å². The smallest absolute Gasteiger partial charge is 0.319 e. The van der Waals surface area contributed by atoms with Crippen molar-refractivity contribution in [2.75, 3.05) is 18.5 Å². The lowest BCUT2D eigenvalue weighted by Crippen LogP contribution is -2.34. The van der Waals surface area contributed by atoms with Gasteiger partial charge in [-0.25, -0.2) is 4.79 Å². The lowest BCUT2D eigenvalue weighted by atomic mass is 10.0. The second-order valence-corrected chi connectivity index (χ2v) is 4.94. The molecule has 0 bridgehead atoms. The molecule has 0 spiro atoms. The highest BCUT2D eigenvalue weighted by Gasteiger charge is 2.09. The molecule has 1 heterocycles. The van der Waals surface area contributed by atoms with Gasteiger partial charge in [-0.1, -0.05) is 13.3 Å². The fourth-order valence-electron chi connectivity index (χ4n) is 1.89. The first-order valence-corrected chi connectivity index (χ1v) is 6.80. The summed E-state index contributed by atoms with van der Waals surface area (Å²) in [5, 5.41) is 14.4. The number of aliphatic hydroxyl groups is 1. The Hall–Kier alpha value is -1.82. The van der Waals surface area contributed by atoms with Gasteiger partial charge in [0.2, 0.25) is 0 Å². The van der Waals surface area contributed by atoms with Crippen LogP contribution < -0.4 is 16.2 Å². The van der Waals surface area contributed by atoms with E-state index in [4.69, 9.17) is 5.11 Å². The normalized spacial score (nSPS) is 12.0. The zero-order valence-corrected chi connectivity index (χ0v) is 12.3. The quantitative estimate of drug-likeness (QED) is 0.733. The maximum Gasteiger partial charge on any atom is 0.319 e. The van der Waals surface area contributed by atoms with E-state index in [1.54, 1.807) is 20.2 Å². The average molecular weight is 281 g/mol. The summed E-state index contributed by atoms with van der Waals surface area (Å²) in [4.78, 5) is 23.2. The number of nitrogens with zero attached hydrogens (tertiary/aromatic N) is 1. The molecular formula is C14H23N3O3. The third-order valence-corrected chi connectivity index (χ3v) is 3.35. The third-order valence-electron chi connectivity index (χ3n) is 3.35. The largest absolute Gasteiger partial charge is 0.396 e. The number of anilines is 1. The summed E-state index contributed by atoms with van der Waals surface area (Å²) >= 11 is 0. The van der Waals surface area contributed by atoms with Crippen LogP contribution in [0.4, 0.5) is 10.5 Å². The van der Waals surface area contributed by atoms with E-state index in [0.29, 0.717) is 18.7 Å². The molecule has 0 saturated heterocycles. The molecular weight excluding hydrogens is 258 g/mol. The highest BCUT2D eigenvalue weighted by atomic mass is 16.3. The number of carbonyl (C=O) groups is 1. The standard InChI is InChI=1S/C14H23N3O3/c1-4-11(5-6-18)8-15-14(20)16-12-9-17(3)13(19)7-10(12)2/h7,9,11,18H,4-6,8H2,1-3H3,(H2,15,16,20). The number of amides is 2. The van der Waals surface area contributed by atoms with E-state index in [0.717, 1.165) is 12.0 Å². The number of aromatic nitrogens is 1. The Kier molecular flexibility index (Phi) is 6.24. The van der Waals surface area contributed by atoms with Gasteiger partial charge in [0.25, 0.3) is 5.56 Å².